The van der Waals surface area contributed by atoms with Crippen molar-refractivity contribution in [3.63, 3.8) is 0 Å². The van der Waals surface area contributed by atoms with Gasteiger partial charge in [0, 0.05) is 45.3 Å². The number of thiophene rings is 1. The highest BCUT2D eigenvalue weighted by Crippen LogP contribution is 2.18. The van der Waals surface area contributed by atoms with Crippen molar-refractivity contribution >= 4 is 29.7 Å². The maximum atomic E-state index is 12.2. The van der Waals surface area contributed by atoms with Crippen molar-refractivity contribution in [3.8, 4) is 0 Å². The maximum Gasteiger partial charge on any atom is 0.227 e. The van der Waals surface area contributed by atoms with Crippen molar-refractivity contribution in [1.29, 1.82) is 0 Å². The van der Waals surface area contributed by atoms with Crippen molar-refractivity contribution in [2.24, 2.45) is 0 Å². The standard InChI is InChI=1S/C14H21N3OS.ClH/c18-14(9-12-2-8-19-11-12)17-5-1-13(10-17)16-6-3-15-4-7-16;/h2,8,11,13,15H,1,3-7,9-10H2;1H. The molecule has 4 nitrogen and oxygen atoms in total. The molecule has 6 heteroatoms. The van der Waals surface area contributed by atoms with E-state index in [2.05, 4.69) is 15.6 Å². The summed E-state index contributed by atoms with van der Waals surface area (Å²) >= 11 is 1.66. The van der Waals surface area contributed by atoms with Gasteiger partial charge in [-0.1, -0.05) is 0 Å². The van der Waals surface area contributed by atoms with E-state index in [4.69, 9.17) is 0 Å². The summed E-state index contributed by atoms with van der Waals surface area (Å²) in [5.74, 6) is 0.288. The fraction of sp³-hybridized carbons (Fsp3) is 0.643. The van der Waals surface area contributed by atoms with Gasteiger partial charge in [0.1, 0.15) is 0 Å². The highest BCUT2D eigenvalue weighted by Gasteiger charge is 2.30. The first-order valence-electron chi connectivity index (χ1n) is 7.06. The minimum Gasteiger partial charge on any atom is -0.341 e. The van der Waals surface area contributed by atoms with Gasteiger partial charge in [-0.25, -0.2) is 0 Å². The molecule has 1 N–H and O–H groups in total. The van der Waals surface area contributed by atoms with E-state index in [0.717, 1.165) is 51.3 Å². The number of nitrogens with one attached hydrogen (secondary N) is 1. The second-order valence-electron chi connectivity index (χ2n) is 5.38. The Morgan fingerprint density at radius 3 is 2.85 bits per heavy atom. The van der Waals surface area contributed by atoms with Gasteiger partial charge in [-0.2, -0.15) is 11.3 Å². The number of nitrogens with zero attached hydrogens (tertiary/aromatic N) is 2. The van der Waals surface area contributed by atoms with E-state index >= 15 is 0 Å². The Labute approximate surface area is 130 Å². The van der Waals surface area contributed by atoms with Crippen LogP contribution in [0.15, 0.2) is 16.8 Å². The van der Waals surface area contributed by atoms with Gasteiger partial charge in [0.15, 0.2) is 0 Å². The molecule has 0 aliphatic carbocycles. The Morgan fingerprint density at radius 2 is 2.15 bits per heavy atom. The third kappa shape index (κ3) is 3.73. The first-order valence-corrected chi connectivity index (χ1v) is 8.01. The number of carbonyl (C=O) groups excluding carboxylic acids is 1. The normalized spacial score (nSPS) is 23.6. The van der Waals surface area contributed by atoms with Crippen LogP contribution in [0.4, 0.5) is 0 Å². The highest BCUT2D eigenvalue weighted by molar-refractivity contribution is 7.07. The van der Waals surface area contributed by atoms with Crippen LogP contribution in [-0.2, 0) is 11.2 Å². The van der Waals surface area contributed by atoms with Crippen LogP contribution in [0, 0.1) is 0 Å². The van der Waals surface area contributed by atoms with Crippen molar-refractivity contribution in [2.75, 3.05) is 39.3 Å². The van der Waals surface area contributed by atoms with Gasteiger partial charge < -0.3 is 10.2 Å². The number of piperazine rings is 1. The molecule has 0 spiro atoms. The zero-order valence-electron chi connectivity index (χ0n) is 11.6. The monoisotopic (exact) mass is 315 g/mol. The molecule has 0 saturated carbocycles. The van der Waals surface area contributed by atoms with Crippen LogP contribution in [0.3, 0.4) is 0 Å². The maximum absolute atomic E-state index is 12.2. The fourth-order valence-electron chi connectivity index (χ4n) is 2.99. The average molecular weight is 316 g/mol. The number of likely N-dealkylation sites (tertiary alicyclic amines) is 1. The van der Waals surface area contributed by atoms with Crippen molar-refractivity contribution in [2.45, 2.75) is 18.9 Å². The zero-order chi connectivity index (χ0) is 13.1. The summed E-state index contributed by atoms with van der Waals surface area (Å²) in [6.45, 7) is 6.26. The van der Waals surface area contributed by atoms with E-state index in [9.17, 15) is 4.79 Å². The molecule has 1 aromatic heterocycles. The molecule has 3 rings (SSSR count). The smallest absolute Gasteiger partial charge is 0.227 e. The molecular formula is C14H22ClN3OS. The molecule has 2 saturated heterocycles. The Hall–Kier alpha value is -0.620. The highest BCUT2D eigenvalue weighted by atomic mass is 35.5. The van der Waals surface area contributed by atoms with Gasteiger partial charge in [-0.3, -0.25) is 9.69 Å². The Balaban J connectivity index is 0.00000147. The van der Waals surface area contributed by atoms with E-state index in [1.165, 1.54) is 0 Å². The lowest BCUT2D eigenvalue weighted by Gasteiger charge is -2.32. The van der Waals surface area contributed by atoms with Crippen LogP contribution in [0.2, 0.25) is 0 Å². The van der Waals surface area contributed by atoms with E-state index in [0.29, 0.717) is 12.5 Å². The molecule has 1 aromatic rings. The molecule has 1 amide bonds. The quantitative estimate of drug-likeness (QED) is 0.911. The lowest BCUT2D eigenvalue weighted by Crippen LogP contribution is -2.49. The SMILES string of the molecule is Cl.O=C(Cc1ccsc1)N1CCC(N2CCNCC2)C1. The molecule has 1 unspecified atom stereocenters. The van der Waals surface area contributed by atoms with Crippen molar-refractivity contribution in [1.82, 2.24) is 15.1 Å². The van der Waals surface area contributed by atoms with Gasteiger partial charge in [-0.15, -0.1) is 12.4 Å². The van der Waals surface area contributed by atoms with Gasteiger partial charge in [-0.05, 0) is 28.8 Å². The number of rotatable bonds is 3. The third-order valence-electron chi connectivity index (χ3n) is 4.12. The van der Waals surface area contributed by atoms with Crippen LogP contribution in [0.25, 0.3) is 0 Å². The number of carbonyl (C=O) groups is 1. The molecule has 112 valence electrons. The predicted octanol–water partition coefficient (Wildman–Crippen LogP) is 1.22. The second-order valence-corrected chi connectivity index (χ2v) is 6.16. The topological polar surface area (TPSA) is 35.6 Å². The van der Waals surface area contributed by atoms with Crippen molar-refractivity contribution in [3.05, 3.63) is 22.4 Å². The number of hydrogen-bond acceptors (Lipinski definition) is 4. The third-order valence-corrected chi connectivity index (χ3v) is 4.85. The largest absolute Gasteiger partial charge is 0.341 e. The lowest BCUT2D eigenvalue weighted by molar-refractivity contribution is -0.129. The average Bonchev–Trinajstić information content (AvgIpc) is 3.10. The fourth-order valence-corrected chi connectivity index (χ4v) is 3.66. The van der Waals surface area contributed by atoms with Crippen LogP contribution in [0.1, 0.15) is 12.0 Å². The molecule has 20 heavy (non-hydrogen) atoms. The van der Waals surface area contributed by atoms with E-state index in [-0.39, 0.29) is 18.3 Å². The predicted molar refractivity (Wildman–Crippen MR) is 84.7 cm³/mol. The van der Waals surface area contributed by atoms with Crippen LogP contribution >= 0.6 is 23.7 Å². The molecule has 0 radical (unpaired) electrons. The van der Waals surface area contributed by atoms with E-state index in [1.807, 2.05) is 16.3 Å². The van der Waals surface area contributed by atoms with Crippen LogP contribution in [-0.4, -0.2) is 61.0 Å². The Kier molecular flexibility index (Phi) is 5.84. The number of halogens is 1. The summed E-state index contributed by atoms with van der Waals surface area (Å²) in [7, 11) is 0. The second kappa shape index (κ2) is 7.41. The number of hydrogen-bond donors (Lipinski definition) is 1. The summed E-state index contributed by atoms with van der Waals surface area (Å²) in [6.07, 6.45) is 1.70. The van der Waals surface area contributed by atoms with Gasteiger partial charge in [0.25, 0.3) is 0 Å². The molecule has 2 fully saturated rings. The molecule has 3 heterocycles. The summed E-state index contributed by atoms with van der Waals surface area (Å²) in [5, 5.41) is 7.49. The number of amides is 1. The molecule has 0 bridgehead atoms. The van der Waals surface area contributed by atoms with Crippen molar-refractivity contribution < 1.29 is 4.79 Å². The first kappa shape index (κ1) is 15.8. The zero-order valence-corrected chi connectivity index (χ0v) is 13.2. The Morgan fingerprint density at radius 1 is 1.35 bits per heavy atom. The summed E-state index contributed by atoms with van der Waals surface area (Å²) in [4.78, 5) is 16.8. The molecular weight excluding hydrogens is 294 g/mol. The molecule has 2 aliphatic heterocycles. The minimum absolute atomic E-state index is 0. The van der Waals surface area contributed by atoms with Gasteiger partial charge in [0.2, 0.25) is 5.91 Å². The first-order chi connectivity index (χ1) is 9.33. The summed E-state index contributed by atoms with van der Waals surface area (Å²) in [6, 6.07) is 2.63. The summed E-state index contributed by atoms with van der Waals surface area (Å²) in [5.41, 5.74) is 1.15. The summed E-state index contributed by atoms with van der Waals surface area (Å²) < 4.78 is 0. The Bertz CT molecular complexity index is 420. The molecule has 1 atom stereocenters. The van der Waals surface area contributed by atoms with Gasteiger partial charge in [0.05, 0.1) is 6.42 Å². The van der Waals surface area contributed by atoms with Crippen LogP contribution < -0.4 is 5.32 Å². The minimum atomic E-state index is 0. The lowest BCUT2D eigenvalue weighted by atomic mass is 10.2. The molecule has 0 aromatic carbocycles. The van der Waals surface area contributed by atoms with Gasteiger partial charge >= 0.3 is 0 Å². The molecule has 2 aliphatic rings. The van der Waals surface area contributed by atoms with E-state index < -0.39 is 0 Å². The van der Waals surface area contributed by atoms with E-state index in [1.54, 1.807) is 11.3 Å². The van der Waals surface area contributed by atoms with Crippen LogP contribution in [0.5, 0.6) is 0 Å².